The molecule has 0 heterocycles. The molecule has 0 aromatic carbocycles. The Morgan fingerprint density at radius 2 is 1.81 bits per heavy atom. The van der Waals surface area contributed by atoms with Crippen molar-refractivity contribution in [2.45, 2.75) is 52.0 Å². The summed E-state index contributed by atoms with van der Waals surface area (Å²) in [6, 6.07) is -0.979. The molecule has 122 valence electrons. The maximum absolute atomic E-state index is 11.6. The Morgan fingerprint density at radius 3 is 2.33 bits per heavy atom. The van der Waals surface area contributed by atoms with E-state index in [-0.39, 0.29) is 18.4 Å². The highest BCUT2D eigenvalue weighted by Gasteiger charge is 2.14. The average molecular weight is 301 g/mol. The Morgan fingerprint density at radius 1 is 1.14 bits per heavy atom. The lowest BCUT2D eigenvalue weighted by Crippen LogP contribution is -2.47. The van der Waals surface area contributed by atoms with E-state index in [1.54, 1.807) is 6.92 Å². The van der Waals surface area contributed by atoms with Crippen molar-refractivity contribution in [2.24, 2.45) is 5.92 Å². The van der Waals surface area contributed by atoms with Gasteiger partial charge in [-0.15, -0.1) is 0 Å². The number of nitrogens with one attached hydrogen (secondary N) is 3. The molecule has 0 spiro atoms. The lowest BCUT2D eigenvalue weighted by atomic mass is 9.94. The SMILES string of the molecule is CCCC(CCNC(=O)NC(C)C(=O)NC)CCC(=O)O. The first kappa shape index (κ1) is 19.2. The number of amides is 3. The third-order valence-electron chi connectivity index (χ3n) is 3.29. The van der Waals surface area contributed by atoms with Crippen LogP contribution in [0.4, 0.5) is 4.79 Å². The van der Waals surface area contributed by atoms with Crippen molar-refractivity contribution in [3.63, 3.8) is 0 Å². The zero-order valence-electron chi connectivity index (χ0n) is 13.1. The number of aliphatic carboxylic acids is 1. The zero-order valence-corrected chi connectivity index (χ0v) is 13.1. The molecule has 0 aliphatic rings. The van der Waals surface area contributed by atoms with Gasteiger partial charge in [-0.25, -0.2) is 4.79 Å². The summed E-state index contributed by atoms with van der Waals surface area (Å²) in [5, 5.41) is 16.4. The van der Waals surface area contributed by atoms with Gasteiger partial charge in [0.15, 0.2) is 0 Å². The van der Waals surface area contributed by atoms with E-state index in [1.807, 2.05) is 0 Å². The van der Waals surface area contributed by atoms with Crippen LogP contribution in [0.2, 0.25) is 0 Å². The topological polar surface area (TPSA) is 108 Å². The Kier molecular flexibility index (Phi) is 10.0. The molecule has 0 aliphatic heterocycles. The van der Waals surface area contributed by atoms with Crippen molar-refractivity contribution in [1.82, 2.24) is 16.0 Å². The summed E-state index contributed by atoms with van der Waals surface area (Å²) in [6.45, 7) is 4.13. The first-order chi connectivity index (χ1) is 9.90. The minimum Gasteiger partial charge on any atom is -0.481 e. The van der Waals surface area contributed by atoms with Gasteiger partial charge < -0.3 is 21.1 Å². The number of hydrogen-bond acceptors (Lipinski definition) is 3. The second kappa shape index (κ2) is 10.9. The number of hydrogen-bond donors (Lipinski definition) is 4. The van der Waals surface area contributed by atoms with Gasteiger partial charge in [-0.2, -0.15) is 0 Å². The number of carboxylic acid groups (broad SMARTS) is 1. The number of urea groups is 1. The molecule has 0 saturated heterocycles. The Labute approximate surface area is 125 Å². The van der Waals surface area contributed by atoms with Crippen LogP contribution in [0, 0.1) is 5.92 Å². The summed E-state index contributed by atoms with van der Waals surface area (Å²) >= 11 is 0. The minimum absolute atomic E-state index is 0.157. The fourth-order valence-electron chi connectivity index (χ4n) is 2.09. The number of carbonyl (C=O) groups is 3. The van der Waals surface area contributed by atoms with E-state index < -0.39 is 12.0 Å². The zero-order chi connectivity index (χ0) is 16.3. The number of carbonyl (C=O) groups excluding carboxylic acids is 2. The average Bonchev–Trinajstić information content (AvgIpc) is 2.43. The summed E-state index contributed by atoms with van der Waals surface area (Å²) in [6.07, 6.45) is 3.46. The highest BCUT2D eigenvalue weighted by Crippen LogP contribution is 2.17. The largest absolute Gasteiger partial charge is 0.481 e. The van der Waals surface area contributed by atoms with Crippen LogP contribution in [-0.2, 0) is 9.59 Å². The number of rotatable bonds is 10. The van der Waals surface area contributed by atoms with Crippen LogP contribution < -0.4 is 16.0 Å². The van der Waals surface area contributed by atoms with E-state index >= 15 is 0 Å². The van der Waals surface area contributed by atoms with Gasteiger partial charge in [-0.3, -0.25) is 9.59 Å². The Bertz CT molecular complexity index is 347. The molecule has 0 aliphatic carbocycles. The quantitative estimate of drug-likeness (QED) is 0.484. The normalized spacial score (nSPS) is 13.1. The molecule has 0 rings (SSSR count). The van der Waals surface area contributed by atoms with Gasteiger partial charge >= 0.3 is 12.0 Å². The molecular weight excluding hydrogens is 274 g/mol. The van der Waals surface area contributed by atoms with Gasteiger partial charge in [0.05, 0.1) is 0 Å². The van der Waals surface area contributed by atoms with Crippen LogP contribution in [0.5, 0.6) is 0 Å². The van der Waals surface area contributed by atoms with Crippen LogP contribution in [0.3, 0.4) is 0 Å². The molecule has 7 heteroatoms. The monoisotopic (exact) mass is 301 g/mol. The van der Waals surface area contributed by atoms with Crippen LogP contribution in [0.15, 0.2) is 0 Å². The summed E-state index contributed by atoms with van der Waals surface area (Å²) in [5.41, 5.74) is 0. The molecule has 21 heavy (non-hydrogen) atoms. The molecular formula is C14H27N3O4. The van der Waals surface area contributed by atoms with Gasteiger partial charge in [-0.1, -0.05) is 19.8 Å². The third-order valence-corrected chi connectivity index (χ3v) is 3.29. The van der Waals surface area contributed by atoms with Crippen LogP contribution >= 0.6 is 0 Å². The maximum atomic E-state index is 11.6. The molecule has 0 radical (unpaired) electrons. The molecule has 3 amide bonds. The summed E-state index contributed by atoms with van der Waals surface area (Å²) in [7, 11) is 1.51. The van der Waals surface area contributed by atoms with Crippen LogP contribution in [0.25, 0.3) is 0 Å². The minimum atomic E-state index is -0.791. The van der Waals surface area contributed by atoms with Gasteiger partial charge in [-0.05, 0) is 25.7 Å². The van der Waals surface area contributed by atoms with E-state index in [4.69, 9.17) is 5.11 Å². The predicted molar refractivity (Wildman–Crippen MR) is 79.9 cm³/mol. The van der Waals surface area contributed by atoms with Gasteiger partial charge in [0, 0.05) is 20.0 Å². The third kappa shape index (κ3) is 9.70. The van der Waals surface area contributed by atoms with E-state index in [0.29, 0.717) is 18.9 Å². The van der Waals surface area contributed by atoms with Crippen molar-refractivity contribution in [1.29, 1.82) is 0 Å². The molecule has 4 N–H and O–H groups in total. The first-order valence-electron chi connectivity index (χ1n) is 7.38. The smallest absolute Gasteiger partial charge is 0.315 e. The number of likely N-dealkylation sites (N-methyl/N-ethyl adjacent to an activating group) is 1. The van der Waals surface area contributed by atoms with Crippen LogP contribution in [0.1, 0.15) is 46.0 Å². The lowest BCUT2D eigenvalue weighted by Gasteiger charge is -2.17. The fraction of sp³-hybridized carbons (Fsp3) is 0.786. The van der Waals surface area contributed by atoms with E-state index in [1.165, 1.54) is 7.05 Å². The lowest BCUT2D eigenvalue weighted by molar-refractivity contribution is -0.137. The van der Waals surface area contributed by atoms with Crippen LogP contribution in [-0.4, -0.2) is 42.6 Å². The standard InChI is InChI=1S/C14H27N3O4/c1-4-5-11(6-7-12(18)19)8-9-16-14(21)17-10(2)13(20)15-3/h10-11H,4-9H2,1-3H3,(H,15,20)(H,18,19)(H2,16,17,21). The summed E-state index contributed by atoms with van der Waals surface area (Å²) in [5.74, 6) is -0.751. The van der Waals surface area contributed by atoms with E-state index in [9.17, 15) is 14.4 Å². The molecule has 2 unspecified atom stereocenters. The van der Waals surface area contributed by atoms with Crippen molar-refractivity contribution in [3.8, 4) is 0 Å². The molecule has 2 atom stereocenters. The van der Waals surface area contributed by atoms with Crippen molar-refractivity contribution in [3.05, 3.63) is 0 Å². The van der Waals surface area contributed by atoms with Crippen molar-refractivity contribution >= 4 is 17.9 Å². The molecule has 0 aromatic heterocycles. The fourth-order valence-corrected chi connectivity index (χ4v) is 2.09. The summed E-state index contributed by atoms with van der Waals surface area (Å²) < 4.78 is 0. The van der Waals surface area contributed by atoms with E-state index in [2.05, 4.69) is 22.9 Å². The Balaban J connectivity index is 3.99. The molecule has 0 fully saturated rings. The highest BCUT2D eigenvalue weighted by atomic mass is 16.4. The van der Waals surface area contributed by atoms with Gasteiger partial charge in [0.1, 0.15) is 6.04 Å². The second-order valence-corrected chi connectivity index (χ2v) is 5.11. The van der Waals surface area contributed by atoms with Gasteiger partial charge in [0.25, 0.3) is 0 Å². The van der Waals surface area contributed by atoms with Gasteiger partial charge in [0.2, 0.25) is 5.91 Å². The summed E-state index contributed by atoms with van der Waals surface area (Å²) in [4.78, 5) is 33.4. The molecule has 7 nitrogen and oxygen atoms in total. The number of carboxylic acids is 1. The molecule has 0 saturated carbocycles. The highest BCUT2D eigenvalue weighted by molar-refractivity contribution is 5.86. The van der Waals surface area contributed by atoms with Crippen molar-refractivity contribution < 1.29 is 19.5 Å². The first-order valence-corrected chi connectivity index (χ1v) is 7.38. The van der Waals surface area contributed by atoms with Crippen molar-refractivity contribution in [2.75, 3.05) is 13.6 Å². The maximum Gasteiger partial charge on any atom is 0.315 e. The van der Waals surface area contributed by atoms with E-state index in [0.717, 1.165) is 19.3 Å². The Hall–Kier alpha value is -1.79. The second-order valence-electron chi connectivity index (χ2n) is 5.11. The predicted octanol–water partition coefficient (Wildman–Crippen LogP) is 1.09. The molecule has 0 bridgehead atoms. The molecule has 0 aromatic rings.